The Balaban J connectivity index is 4.37. The van der Waals surface area contributed by atoms with Crippen molar-refractivity contribution < 1.29 is 5.11 Å². The highest BCUT2D eigenvalue weighted by molar-refractivity contribution is 5.16. The normalized spacial score (nSPS) is 11.8. The van der Waals surface area contributed by atoms with Crippen molar-refractivity contribution in [2.75, 3.05) is 0 Å². The fourth-order valence-electron chi connectivity index (χ4n) is 0.734. The lowest BCUT2D eigenvalue weighted by Gasteiger charge is -2.16. The first kappa shape index (κ1) is 11.3. The molecule has 0 saturated heterocycles. The third-order valence-electron chi connectivity index (χ3n) is 1.36. The first-order chi connectivity index (χ1) is 5.27. The molecule has 0 aromatic carbocycles. The van der Waals surface area contributed by atoms with Crippen molar-refractivity contribution in [3.8, 4) is 11.8 Å². The quantitative estimate of drug-likeness (QED) is 0.493. The SMILES string of the molecule is C=CCC(C)(C)C#CC(C)(C)O. The van der Waals surface area contributed by atoms with Gasteiger partial charge in [0, 0.05) is 5.41 Å². The molecule has 1 N–H and O–H groups in total. The van der Waals surface area contributed by atoms with Crippen molar-refractivity contribution in [3.63, 3.8) is 0 Å². The first-order valence-electron chi connectivity index (χ1n) is 4.14. The number of hydrogen-bond acceptors (Lipinski definition) is 1. The van der Waals surface area contributed by atoms with Crippen molar-refractivity contribution in [1.82, 2.24) is 0 Å². The molecular weight excluding hydrogens is 148 g/mol. The minimum absolute atomic E-state index is 0.0816. The second-order valence-electron chi connectivity index (χ2n) is 4.19. The van der Waals surface area contributed by atoms with Gasteiger partial charge in [0.05, 0.1) is 0 Å². The summed E-state index contributed by atoms with van der Waals surface area (Å²) in [4.78, 5) is 0. The van der Waals surface area contributed by atoms with E-state index in [1.807, 2.05) is 19.9 Å². The molecule has 0 aromatic heterocycles. The Hall–Kier alpha value is -0.740. The standard InChI is InChI=1S/C11H18O/c1-6-7-10(2,3)8-9-11(4,5)12/h6,12H,1,7H2,2-5H3. The van der Waals surface area contributed by atoms with Crippen LogP contribution in [0, 0.1) is 17.3 Å². The van der Waals surface area contributed by atoms with Crippen LogP contribution in [0.3, 0.4) is 0 Å². The smallest absolute Gasteiger partial charge is 0.119 e. The lowest BCUT2D eigenvalue weighted by atomic mass is 9.89. The van der Waals surface area contributed by atoms with Gasteiger partial charge in [-0.3, -0.25) is 0 Å². The molecule has 0 heterocycles. The Morgan fingerprint density at radius 3 is 2.08 bits per heavy atom. The largest absolute Gasteiger partial charge is 0.378 e. The predicted molar refractivity (Wildman–Crippen MR) is 52.7 cm³/mol. The van der Waals surface area contributed by atoms with E-state index in [1.165, 1.54) is 0 Å². The molecule has 0 radical (unpaired) electrons. The lowest BCUT2D eigenvalue weighted by molar-refractivity contribution is 0.143. The van der Waals surface area contributed by atoms with Crippen molar-refractivity contribution >= 4 is 0 Å². The van der Waals surface area contributed by atoms with E-state index in [9.17, 15) is 5.11 Å². The molecule has 0 aliphatic rings. The maximum atomic E-state index is 9.35. The number of rotatable bonds is 2. The van der Waals surface area contributed by atoms with Crippen molar-refractivity contribution in [3.05, 3.63) is 12.7 Å². The van der Waals surface area contributed by atoms with Crippen LogP contribution in [-0.4, -0.2) is 10.7 Å². The highest BCUT2D eigenvalue weighted by Crippen LogP contribution is 2.19. The summed E-state index contributed by atoms with van der Waals surface area (Å²) in [5.74, 6) is 5.83. The van der Waals surface area contributed by atoms with Crippen LogP contribution in [-0.2, 0) is 0 Å². The van der Waals surface area contributed by atoms with Crippen LogP contribution in [0.5, 0.6) is 0 Å². The van der Waals surface area contributed by atoms with Crippen LogP contribution in [0.15, 0.2) is 12.7 Å². The Labute approximate surface area is 75.5 Å². The van der Waals surface area contributed by atoms with Crippen molar-refractivity contribution in [2.24, 2.45) is 5.41 Å². The van der Waals surface area contributed by atoms with Gasteiger partial charge in [-0.05, 0) is 34.1 Å². The molecule has 0 atom stereocenters. The second kappa shape index (κ2) is 3.78. The molecule has 0 unspecified atom stereocenters. The summed E-state index contributed by atoms with van der Waals surface area (Å²) in [5, 5.41) is 9.35. The van der Waals surface area contributed by atoms with Crippen LogP contribution < -0.4 is 0 Å². The van der Waals surface area contributed by atoms with Crippen molar-refractivity contribution in [1.29, 1.82) is 0 Å². The summed E-state index contributed by atoms with van der Waals surface area (Å²) in [6, 6.07) is 0. The molecule has 0 amide bonds. The van der Waals surface area contributed by atoms with Gasteiger partial charge in [-0.15, -0.1) is 6.58 Å². The topological polar surface area (TPSA) is 20.2 Å². The second-order valence-corrected chi connectivity index (χ2v) is 4.19. The van der Waals surface area contributed by atoms with E-state index < -0.39 is 5.60 Å². The number of allylic oxidation sites excluding steroid dienone is 1. The molecule has 0 aliphatic heterocycles. The predicted octanol–water partition coefficient (Wildman–Crippen LogP) is 2.36. The molecule has 0 aliphatic carbocycles. The van der Waals surface area contributed by atoms with E-state index in [0.717, 1.165) is 6.42 Å². The fraction of sp³-hybridized carbons (Fsp3) is 0.636. The summed E-state index contributed by atoms with van der Waals surface area (Å²) in [6.07, 6.45) is 2.69. The summed E-state index contributed by atoms with van der Waals surface area (Å²) in [7, 11) is 0. The third-order valence-corrected chi connectivity index (χ3v) is 1.36. The molecule has 0 fully saturated rings. The molecule has 68 valence electrons. The fourth-order valence-corrected chi connectivity index (χ4v) is 0.734. The molecule has 1 heteroatoms. The van der Waals surface area contributed by atoms with Gasteiger partial charge in [-0.1, -0.05) is 17.9 Å². The average molecular weight is 166 g/mol. The van der Waals surface area contributed by atoms with Gasteiger partial charge in [0.15, 0.2) is 0 Å². The molecule has 0 aromatic rings. The van der Waals surface area contributed by atoms with Gasteiger partial charge < -0.3 is 5.11 Å². The Bertz CT molecular complexity index is 207. The van der Waals surface area contributed by atoms with E-state index in [-0.39, 0.29) is 5.41 Å². The zero-order chi connectivity index (χ0) is 9.83. The number of hydrogen-bond donors (Lipinski definition) is 1. The Morgan fingerprint density at radius 1 is 1.25 bits per heavy atom. The van der Waals surface area contributed by atoms with Crippen LogP contribution in [0.2, 0.25) is 0 Å². The third kappa shape index (κ3) is 6.00. The Kier molecular flexibility index (Phi) is 3.55. The van der Waals surface area contributed by atoms with Crippen LogP contribution in [0.25, 0.3) is 0 Å². The van der Waals surface area contributed by atoms with Gasteiger partial charge in [-0.2, -0.15) is 0 Å². The maximum absolute atomic E-state index is 9.35. The molecule has 0 spiro atoms. The monoisotopic (exact) mass is 166 g/mol. The summed E-state index contributed by atoms with van der Waals surface area (Å²) >= 11 is 0. The van der Waals surface area contributed by atoms with Gasteiger partial charge in [0.25, 0.3) is 0 Å². The summed E-state index contributed by atoms with van der Waals surface area (Å²) < 4.78 is 0. The lowest BCUT2D eigenvalue weighted by Crippen LogP contribution is -2.17. The van der Waals surface area contributed by atoms with E-state index >= 15 is 0 Å². The van der Waals surface area contributed by atoms with E-state index in [0.29, 0.717) is 0 Å². The van der Waals surface area contributed by atoms with Crippen LogP contribution in [0.1, 0.15) is 34.1 Å². The molecule has 12 heavy (non-hydrogen) atoms. The Morgan fingerprint density at radius 2 is 1.75 bits per heavy atom. The van der Waals surface area contributed by atoms with Crippen LogP contribution >= 0.6 is 0 Å². The highest BCUT2D eigenvalue weighted by atomic mass is 16.3. The first-order valence-corrected chi connectivity index (χ1v) is 4.14. The molecule has 0 bridgehead atoms. The summed E-state index contributed by atoms with van der Waals surface area (Å²) in [5.41, 5.74) is -0.972. The van der Waals surface area contributed by atoms with Crippen LogP contribution in [0.4, 0.5) is 0 Å². The average Bonchev–Trinajstić information content (AvgIpc) is 1.83. The van der Waals surface area contributed by atoms with Crippen molar-refractivity contribution in [2.45, 2.75) is 39.7 Å². The van der Waals surface area contributed by atoms with Gasteiger partial charge >= 0.3 is 0 Å². The zero-order valence-electron chi connectivity index (χ0n) is 8.44. The molecular formula is C11H18O. The van der Waals surface area contributed by atoms with Gasteiger partial charge in [-0.25, -0.2) is 0 Å². The number of aliphatic hydroxyl groups is 1. The molecule has 0 saturated carbocycles. The zero-order valence-corrected chi connectivity index (χ0v) is 8.44. The van der Waals surface area contributed by atoms with Gasteiger partial charge in [0.2, 0.25) is 0 Å². The van der Waals surface area contributed by atoms with E-state index in [2.05, 4.69) is 18.4 Å². The maximum Gasteiger partial charge on any atom is 0.119 e. The minimum atomic E-state index is -0.890. The molecule has 0 rings (SSSR count). The van der Waals surface area contributed by atoms with E-state index in [4.69, 9.17) is 0 Å². The van der Waals surface area contributed by atoms with E-state index in [1.54, 1.807) is 13.8 Å². The van der Waals surface area contributed by atoms with Gasteiger partial charge in [0.1, 0.15) is 5.60 Å². The minimum Gasteiger partial charge on any atom is -0.378 e. The molecule has 1 nitrogen and oxygen atoms in total. The summed E-state index contributed by atoms with van der Waals surface area (Å²) in [6.45, 7) is 11.1. The highest BCUT2D eigenvalue weighted by Gasteiger charge is 2.13.